The number of rotatable bonds is 0. The predicted molar refractivity (Wildman–Crippen MR) is 36.5 cm³/mol. The molecule has 0 radical (unpaired) electrons. The largest absolute Gasteiger partial charge is 0.290 e. The lowest BCUT2D eigenvalue weighted by atomic mass is 10.2. The molecule has 0 saturated carbocycles. The van der Waals surface area contributed by atoms with Crippen LogP contribution in [0.25, 0.3) is 0 Å². The van der Waals surface area contributed by atoms with Gasteiger partial charge in [-0.25, -0.2) is 0 Å². The summed E-state index contributed by atoms with van der Waals surface area (Å²) in [7, 11) is 0. The van der Waals surface area contributed by atoms with Gasteiger partial charge in [-0.05, 0) is 13.0 Å². The molecule has 1 nitrogen and oxygen atoms in total. The standard InChI is InChI=1S/C6H8ClN/c1-5-4-6(7)2-3-8-5/h4H,2-3H2,1H3. The van der Waals surface area contributed by atoms with Gasteiger partial charge in [0, 0.05) is 23.7 Å². The van der Waals surface area contributed by atoms with E-state index in [9.17, 15) is 0 Å². The molecule has 8 heavy (non-hydrogen) atoms. The number of hydrogen-bond acceptors (Lipinski definition) is 1. The molecule has 0 amide bonds. The van der Waals surface area contributed by atoms with Crippen molar-refractivity contribution in [3.05, 3.63) is 11.1 Å². The van der Waals surface area contributed by atoms with Gasteiger partial charge >= 0.3 is 0 Å². The fraction of sp³-hybridized carbons (Fsp3) is 0.500. The first kappa shape index (κ1) is 5.83. The summed E-state index contributed by atoms with van der Waals surface area (Å²) >= 11 is 5.69. The van der Waals surface area contributed by atoms with E-state index in [1.807, 2.05) is 13.0 Å². The predicted octanol–water partition coefficient (Wildman–Crippen LogP) is 1.97. The Balaban J connectivity index is 2.69. The molecule has 0 unspecified atom stereocenters. The van der Waals surface area contributed by atoms with Crippen LogP contribution in [0.1, 0.15) is 13.3 Å². The molecule has 0 aromatic heterocycles. The third-order valence-corrected chi connectivity index (χ3v) is 1.38. The first-order valence-electron chi connectivity index (χ1n) is 2.66. The fourth-order valence-electron chi connectivity index (χ4n) is 0.684. The van der Waals surface area contributed by atoms with E-state index >= 15 is 0 Å². The van der Waals surface area contributed by atoms with E-state index in [4.69, 9.17) is 11.6 Å². The van der Waals surface area contributed by atoms with Gasteiger partial charge in [-0.15, -0.1) is 0 Å². The van der Waals surface area contributed by atoms with Crippen molar-refractivity contribution >= 4 is 17.3 Å². The molecule has 1 aliphatic heterocycles. The van der Waals surface area contributed by atoms with Crippen molar-refractivity contribution in [2.75, 3.05) is 6.54 Å². The van der Waals surface area contributed by atoms with E-state index in [0.717, 1.165) is 23.7 Å². The zero-order valence-corrected chi connectivity index (χ0v) is 5.57. The molecular formula is C6H8ClN. The van der Waals surface area contributed by atoms with Crippen molar-refractivity contribution in [1.29, 1.82) is 0 Å². The molecule has 44 valence electrons. The summed E-state index contributed by atoms with van der Waals surface area (Å²) in [5.41, 5.74) is 1.04. The summed E-state index contributed by atoms with van der Waals surface area (Å²) in [4.78, 5) is 4.14. The number of dihydropyridines is 1. The van der Waals surface area contributed by atoms with Gasteiger partial charge in [0.05, 0.1) is 0 Å². The van der Waals surface area contributed by atoms with Crippen molar-refractivity contribution in [2.45, 2.75) is 13.3 Å². The minimum atomic E-state index is 0.862. The van der Waals surface area contributed by atoms with E-state index in [1.165, 1.54) is 0 Å². The second kappa shape index (κ2) is 2.31. The van der Waals surface area contributed by atoms with Crippen LogP contribution < -0.4 is 0 Å². The molecule has 0 aromatic rings. The highest BCUT2D eigenvalue weighted by Crippen LogP contribution is 2.11. The average molecular weight is 130 g/mol. The molecule has 1 heterocycles. The van der Waals surface area contributed by atoms with Crippen molar-refractivity contribution in [1.82, 2.24) is 0 Å². The molecule has 0 saturated heterocycles. The summed E-state index contributed by atoms with van der Waals surface area (Å²) in [6.45, 7) is 2.82. The molecule has 1 rings (SSSR count). The van der Waals surface area contributed by atoms with E-state index in [1.54, 1.807) is 0 Å². The number of halogens is 1. The van der Waals surface area contributed by atoms with Gasteiger partial charge in [-0.3, -0.25) is 4.99 Å². The van der Waals surface area contributed by atoms with Gasteiger partial charge in [0.15, 0.2) is 0 Å². The van der Waals surface area contributed by atoms with Crippen LogP contribution >= 0.6 is 11.6 Å². The van der Waals surface area contributed by atoms with E-state index in [-0.39, 0.29) is 0 Å². The third kappa shape index (κ3) is 1.34. The van der Waals surface area contributed by atoms with Crippen molar-refractivity contribution in [3.8, 4) is 0 Å². The number of allylic oxidation sites excluding steroid dienone is 1. The van der Waals surface area contributed by atoms with E-state index in [0.29, 0.717) is 0 Å². The first-order chi connectivity index (χ1) is 3.79. The lowest BCUT2D eigenvalue weighted by Gasteiger charge is -2.02. The van der Waals surface area contributed by atoms with Crippen LogP contribution in [0.2, 0.25) is 0 Å². The fourth-order valence-corrected chi connectivity index (χ4v) is 0.926. The molecule has 0 aromatic carbocycles. The second-order valence-corrected chi connectivity index (χ2v) is 2.35. The molecule has 0 fully saturated rings. The minimum absolute atomic E-state index is 0.862. The molecule has 0 bridgehead atoms. The molecule has 2 heteroatoms. The topological polar surface area (TPSA) is 12.4 Å². The summed E-state index contributed by atoms with van der Waals surface area (Å²) in [5, 5.41) is 0.928. The smallest absolute Gasteiger partial charge is 0.0441 e. The Morgan fingerprint density at radius 2 is 2.50 bits per heavy atom. The average Bonchev–Trinajstić information content (AvgIpc) is 1.64. The monoisotopic (exact) mass is 129 g/mol. The Bertz CT molecular complexity index is 147. The zero-order chi connectivity index (χ0) is 5.98. The van der Waals surface area contributed by atoms with Crippen molar-refractivity contribution in [3.63, 3.8) is 0 Å². The molecule has 0 N–H and O–H groups in total. The quantitative estimate of drug-likeness (QED) is 0.474. The van der Waals surface area contributed by atoms with Gasteiger partial charge in [-0.2, -0.15) is 0 Å². The Hall–Kier alpha value is -0.300. The maximum Gasteiger partial charge on any atom is 0.0441 e. The van der Waals surface area contributed by atoms with Crippen LogP contribution in [0, 0.1) is 0 Å². The third-order valence-electron chi connectivity index (χ3n) is 1.08. The molecule has 0 aliphatic carbocycles. The molecule has 0 atom stereocenters. The summed E-state index contributed by atoms with van der Waals surface area (Å²) < 4.78 is 0. The highest BCUT2D eigenvalue weighted by atomic mass is 35.5. The van der Waals surface area contributed by atoms with E-state index in [2.05, 4.69) is 4.99 Å². The van der Waals surface area contributed by atoms with Crippen molar-refractivity contribution in [2.24, 2.45) is 4.99 Å². The van der Waals surface area contributed by atoms with Crippen molar-refractivity contribution < 1.29 is 0 Å². The molecular weight excluding hydrogens is 122 g/mol. The van der Waals surface area contributed by atoms with Gasteiger partial charge in [0.25, 0.3) is 0 Å². The first-order valence-corrected chi connectivity index (χ1v) is 3.04. The molecule has 1 aliphatic rings. The van der Waals surface area contributed by atoms with Crippen LogP contribution in [0.15, 0.2) is 16.1 Å². The van der Waals surface area contributed by atoms with Crippen LogP contribution in [0.3, 0.4) is 0 Å². The van der Waals surface area contributed by atoms with Gasteiger partial charge in [0.1, 0.15) is 0 Å². The van der Waals surface area contributed by atoms with Crippen LogP contribution in [-0.2, 0) is 0 Å². The number of nitrogens with zero attached hydrogens (tertiary/aromatic N) is 1. The van der Waals surface area contributed by atoms with Crippen LogP contribution in [-0.4, -0.2) is 12.3 Å². The Kier molecular flexibility index (Phi) is 1.69. The second-order valence-electron chi connectivity index (χ2n) is 1.86. The van der Waals surface area contributed by atoms with Crippen LogP contribution in [0.5, 0.6) is 0 Å². The Morgan fingerprint density at radius 3 is 2.88 bits per heavy atom. The maximum atomic E-state index is 5.69. The molecule has 0 spiro atoms. The summed E-state index contributed by atoms with van der Waals surface area (Å²) in [5.74, 6) is 0. The Labute approximate surface area is 54.1 Å². The minimum Gasteiger partial charge on any atom is -0.290 e. The summed E-state index contributed by atoms with van der Waals surface area (Å²) in [6, 6.07) is 0. The Morgan fingerprint density at radius 1 is 1.75 bits per heavy atom. The van der Waals surface area contributed by atoms with Gasteiger partial charge in [-0.1, -0.05) is 11.6 Å². The van der Waals surface area contributed by atoms with E-state index < -0.39 is 0 Å². The number of hydrogen-bond donors (Lipinski definition) is 0. The van der Waals surface area contributed by atoms with Gasteiger partial charge < -0.3 is 0 Å². The van der Waals surface area contributed by atoms with Crippen LogP contribution in [0.4, 0.5) is 0 Å². The SMILES string of the molecule is CC1=NCCC(Cl)=C1. The normalized spacial score (nSPS) is 19.8. The van der Waals surface area contributed by atoms with Gasteiger partial charge in [0.2, 0.25) is 0 Å². The lowest BCUT2D eigenvalue weighted by Crippen LogP contribution is -1.96. The number of aliphatic imine (C=N–C) groups is 1. The lowest BCUT2D eigenvalue weighted by molar-refractivity contribution is 0.977. The zero-order valence-electron chi connectivity index (χ0n) is 4.82. The highest BCUT2D eigenvalue weighted by molar-refractivity contribution is 6.31. The highest BCUT2D eigenvalue weighted by Gasteiger charge is 1.97. The maximum absolute atomic E-state index is 5.69. The summed E-state index contributed by atoms with van der Waals surface area (Å²) in [6.07, 6.45) is 2.82.